The molecule has 0 saturated carbocycles. The average Bonchev–Trinajstić information content (AvgIpc) is 2.74. The van der Waals surface area contributed by atoms with Gasteiger partial charge in [-0.1, -0.05) is 17.7 Å². The predicted octanol–water partition coefficient (Wildman–Crippen LogP) is 2.53. The summed E-state index contributed by atoms with van der Waals surface area (Å²) >= 11 is 6.09. The first-order chi connectivity index (χ1) is 9.38. The highest BCUT2D eigenvalue weighted by molar-refractivity contribution is 6.31. The van der Waals surface area contributed by atoms with Crippen LogP contribution in [0.5, 0.6) is 0 Å². The second kappa shape index (κ2) is 5.83. The summed E-state index contributed by atoms with van der Waals surface area (Å²) < 4.78 is 0. The van der Waals surface area contributed by atoms with Crippen LogP contribution in [-0.4, -0.2) is 24.4 Å². The lowest BCUT2D eigenvalue weighted by molar-refractivity contribution is -0.126. The van der Waals surface area contributed by atoms with Crippen molar-refractivity contribution in [3.63, 3.8) is 0 Å². The van der Waals surface area contributed by atoms with Crippen molar-refractivity contribution in [3.8, 4) is 0 Å². The molecule has 0 aliphatic carbocycles. The van der Waals surface area contributed by atoms with E-state index >= 15 is 0 Å². The molecule has 5 heteroatoms. The van der Waals surface area contributed by atoms with Crippen LogP contribution in [0.2, 0.25) is 5.02 Å². The lowest BCUT2D eigenvalue weighted by Gasteiger charge is -2.18. The number of carbonyl (C=O) groups is 2. The Kier molecular flexibility index (Phi) is 4.33. The molecule has 0 bridgehead atoms. The molecule has 108 valence electrons. The van der Waals surface area contributed by atoms with Crippen LogP contribution in [-0.2, 0) is 9.59 Å². The molecule has 1 heterocycles. The summed E-state index contributed by atoms with van der Waals surface area (Å²) in [5.74, 6) is -0.382. The molecule has 1 fully saturated rings. The van der Waals surface area contributed by atoms with E-state index in [1.165, 1.54) is 0 Å². The van der Waals surface area contributed by atoms with Crippen molar-refractivity contribution in [1.29, 1.82) is 0 Å². The van der Waals surface area contributed by atoms with Crippen LogP contribution >= 0.6 is 11.6 Å². The molecule has 1 aromatic carbocycles. The zero-order valence-corrected chi connectivity index (χ0v) is 12.7. The van der Waals surface area contributed by atoms with Gasteiger partial charge in [-0.25, -0.2) is 0 Å². The van der Waals surface area contributed by atoms with Gasteiger partial charge in [-0.05, 0) is 38.5 Å². The second-order valence-electron chi connectivity index (χ2n) is 5.50. The summed E-state index contributed by atoms with van der Waals surface area (Å²) in [6.45, 7) is 6.14. The zero-order chi connectivity index (χ0) is 14.9. The Morgan fingerprint density at radius 3 is 2.75 bits per heavy atom. The van der Waals surface area contributed by atoms with Crippen LogP contribution in [0.1, 0.15) is 25.8 Å². The van der Waals surface area contributed by atoms with Crippen molar-refractivity contribution in [3.05, 3.63) is 28.8 Å². The lowest BCUT2D eigenvalue weighted by atomic mass is 10.1. The number of rotatable bonds is 3. The molecule has 2 amide bonds. The first kappa shape index (κ1) is 14.9. The minimum atomic E-state index is -0.287. The Bertz CT molecular complexity index is 543. The molecule has 1 atom stereocenters. The fourth-order valence-electron chi connectivity index (χ4n) is 2.28. The topological polar surface area (TPSA) is 49.4 Å². The van der Waals surface area contributed by atoms with Crippen molar-refractivity contribution < 1.29 is 9.59 Å². The Hall–Kier alpha value is -1.55. The number of nitrogens with one attached hydrogen (secondary N) is 1. The van der Waals surface area contributed by atoms with Crippen molar-refractivity contribution in [1.82, 2.24) is 5.32 Å². The standard InChI is InChI=1S/C15H19ClN2O2/c1-9(2)17-15(20)11-6-14(19)18(8-11)12-5-4-10(3)13(16)7-12/h4-5,7,9,11H,6,8H2,1-3H3,(H,17,20). The summed E-state index contributed by atoms with van der Waals surface area (Å²) in [5, 5.41) is 3.48. The first-order valence-corrected chi connectivity index (χ1v) is 7.13. The van der Waals surface area contributed by atoms with Gasteiger partial charge in [0.05, 0.1) is 5.92 Å². The SMILES string of the molecule is Cc1ccc(N2CC(C(=O)NC(C)C)CC2=O)cc1Cl. The molecule has 0 spiro atoms. The van der Waals surface area contributed by atoms with Crippen LogP contribution in [0.3, 0.4) is 0 Å². The normalized spacial score (nSPS) is 18.8. The first-order valence-electron chi connectivity index (χ1n) is 6.75. The van der Waals surface area contributed by atoms with Crippen molar-refractivity contribution in [2.45, 2.75) is 33.2 Å². The summed E-state index contributed by atoms with van der Waals surface area (Å²) in [7, 11) is 0. The van der Waals surface area contributed by atoms with Gasteiger partial charge in [0.25, 0.3) is 0 Å². The van der Waals surface area contributed by atoms with Crippen LogP contribution in [0.15, 0.2) is 18.2 Å². The van der Waals surface area contributed by atoms with Gasteiger partial charge in [0, 0.05) is 29.7 Å². The molecule has 0 radical (unpaired) electrons. The van der Waals surface area contributed by atoms with Gasteiger partial charge in [-0.3, -0.25) is 9.59 Å². The fraction of sp³-hybridized carbons (Fsp3) is 0.467. The van der Waals surface area contributed by atoms with Crippen LogP contribution in [0.25, 0.3) is 0 Å². The van der Waals surface area contributed by atoms with E-state index in [2.05, 4.69) is 5.32 Å². The van der Waals surface area contributed by atoms with Gasteiger partial charge in [0.15, 0.2) is 0 Å². The van der Waals surface area contributed by atoms with Crippen LogP contribution in [0, 0.1) is 12.8 Å². The highest BCUT2D eigenvalue weighted by Gasteiger charge is 2.35. The number of benzene rings is 1. The van der Waals surface area contributed by atoms with Crippen molar-refractivity contribution in [2.75, 3.05) is 11.4 Å². The highest BCUT2D eigenvalue weighted by Crippen LogP contribution is 2.28. The lowest BCUT2D eigenvalue weighted by Crippen LogP contribution is -2.36. The fourth-order valence-corrected chi connectivity index (χ4v) is 2.46. The van der Waals surface area contributed by atoms with Crippen LogP contribution < -0.4 is 10.2 Å². The van der Waals surface area contributed by atoms with Gasteiger partial charge < -0.3 is 10.2 Å². The minimum absolute atomic E-state index is 0.0335. The zero-order valence-electron chi connectivity index (χ0n) is 11.9. The van der Waals surface area contributed by atoms with Gasteiger partial charge in [-0.15, -0.1) is 0 Å². The molecular weight excluding hydrogens is 276 g/mol. The predicted molar refractivity (Wildman–Crippen MR) is 79.9 cm³/mol. The molecule has 1 aliphatic heterocycles. The quantitative estimate of drug-likeness (QED) is 0.931. The molecule has 2 rings (SSSR count). The highest BCUT2D eigenvalue weighted by atomic mass is 35.5. The van der Waals surface area contributed by atoms with E-state index in [4.69, 9.17) is 11.6 Å². The molecular formula is C15H19ClN2O2. The molecule has 1 aliphatic rings. The van der Waals surface area contributed by atoms with E-state index in [1.54, 1.807) is 11.0 Å². The number of aryl methyl sites for hydroxylation is 1. The van der Waals surface area contributed by atoms with Gasteiger partial charge >= 0.3 is 0 Å². The molecule has 0 aromatic heterocycles. The third-order valence-corrected chi connectivity index (χ3v) is 3.80. The maximum Gasteiger partial charge on any atom is 0.227 e. The smallest absolute Gasteiger partial charge is 0.227 e. The van der Waals surface area contributed by atoms with E-state index < -0.39 is 0 Å². The second-order valence-corrected chi connectivity index (χ2v) is 5.91. The number of carbonyl (C=O) groups excluding carboxylic acids is 2. The molecule has 20 heavy (non-hydrogen) atoms. The summed E-state index contributed by atoms with van der Waals surface area (Å²) in [4.78, 5) is 25.7. The van der Waals surface area contributed by atoms with E-state index in [-0.39, 0.29) is 30.2 Å². The van der Waals surface area contributed by atoms with Gasteiger partial charge in [-0.2, -0.15) is 0 Å². The molecule has 4 nitrogen and oxygen atoms in total. The maximum atomic E-state index is 12.1. The minimum Gasteiger partial charge on any atom is -0.354 e. The Morgan fingerprint density at radius 1 is 1.45 bits per heavy atom. The average molecular weight is 295 g/mol. The Labute approximate surface area is 124 Å². The Balaban J connectivity index is 2.13. The number of amides is 2. The van der Waals surface area contributed by atoms with E-state index in [0.29, 0.717) is 11.6 Å². The largest absolute Gasteiger partial charge is 0.354 e. The van der Waals surface area contributed by atoms with E-state index in [1.807, 2.05) is 32.9 Å². The summed E-state index contributed by atoms with van der Waals surface area (Å²) in [5.41, 5.74) is 1.72. The Morgan fingerprint density at radius 2 is 2.15 bits per heavy atom. The van der Waals surface area contributed by atoms with Crippen LogP contribution in [0.4, 0.5) is 5.69 Å². The third kappa shape index (κ3) is 3.12. The monoisotopic (exact) mass is 294 g/mol. The van der Waals surface area contributed by atoms with Gasteiger partial charge in [0.1, 0.15) is 0 Å². The number of hydrogen-bond acceptors (Lipinski definition) is 2. The molecule has 1 N–H and O–H groups in total. The van der Waals surface area contributed by atoms with E-state index in [0.717, 1.165) is 11.3 Å². The number of hydrogen-bond donors (Lipinski definition) is 1. The maximum absolute atomic E-state index is 12.1. The molecule has 1 saturated heterocycles. The summed E-state index contributed by atoms with van der Waals surface area (Å²) in [6.07, 6.45) is 0.254. The van der Waals surface area contributed by atoms with Gasteiger partial charge in [0.2, 0.25) is 11.8 Å². The third-order valence-electron chi connectivity index (χ3n) is 3.39. The van der Waals surface area contributed by atoms with E-state index in [9.17, 15) is 9.59 Å². The van der Waals surface area contributed by atoms with Crippen molar-refractivity contribution in [2.24, 2.45) is 5.92 Å². The molecule has 1 unspecified atom stereocenters. The number of anilines is 1. The number of halogens is 1. The number of nitrogens with zero attached hydrogens (tertiary/aromatic N) is 1. The van der Waals surface area contributed by atoms with Crippen molar-refractivity contribution >= 4 is 29.1 Å². The molecule has 1 aromatic rings. The summed E-state index contributed by atoms with van der Waals surface area (Å²) in [6, 6.07) is 5.60.